The van der Waals surface area contributed by atoms with Crippen molar-refractivity contribution >= 4 is 44.1 Å². The Labute approximate surface area is 182 Å². The lowest BCUT2D eigenvalue weighted by molar-refractivity contribution is 0.103. The van der Waals surface area contributed by atoms with Gasteiger partial charge in [0.25, 0.3) is 10.0 Å². The smallest absolute Gasteiger partial charge is 0.264 e. The number of benzene rings is 2. The highest BCUT2D eigenvalue weighted by molar-refractivity contribution is 7.92. The first-order valence-corrected chi connectivity index (χ1v) is 10.6. The third kappa shape index (κ3) is 3.69. The monoisotopic (exact) mass is 483 g/mol. The van der Waals surface area contributed by atoms with Crippen LogP contribution >= 0.6 is 11.6 Å². The molecule has 0 saturated heterocycles. The number of aromatic nitrogens is 2. The van der Waals surface area contributed by atoms with Gasteiger partial charge < -0.3 is 4.98 Å². The summed E-state index contributed by atoms with van der Waals surface area (Å²) in [4.78, 5) is 18.6. The van der Waals surface area contributed by atoms with Gasteiger partial charge in [0.15, 0.2) is 5.82 Å². The number of halogens is 5. The Hall–Kier alpha value is -3.44. The summed E-state index contributed by atoms with van der Waals surface area (Å²) < 4.78 is 83.2. The molecule has 0 spiro atoms. The van der Waals surface area contributed by atoms with E-state index in [0.717, 1.165) is 12.3 Å². The second-order valence-electron chi connectivity index (χ2n) is 6.51. The Morgan fingerprint density at radius 1 is 1.03 bits per heavy atom. The predicted octanol–water partition coefficient (Wildman–Crippen LogP) is 4.80. The number of sulfonamides is 1. The number of nitrogens with zero attached hydrogens (tertiary/aromatic N) is 1. The average Bonchev–Trinajstić information content (AvgIpc) is 3.15. The van der Waals surface area contributed by atoms with Crippen LogP contribution in [-0.2, 0) is 10.0 Å². The second kappa shape index (κ2) is 7.92. The molecule has 0 atom stereocenters. The van der Waals surface area contributed by atoms with Crippen LogP contribution < -0.4 is 4.72 Å². The maximum atomic E-state index is 15.1. The minimum atomic E-state index is -4.74. The largest absolute Gasteiger partial charge is 0.345 e. The maximum absolute atomic E-state index is 15.1. The molecule has 2 aromatic carbocycles. The first-order valence-electron chi connectivity index (χ1n) is 8.72. The summed E-state index contributed by atoms with van der Waals surface area (Å²) in [6.45, 7) is 0. The van der Waals surface area contributed by atoms with E-state index in [1.165, 1.54) is 12.3 Å². The van der Waals surface area contributed by atoms with Crippen LogP contribution in [0.25, 0.3) is 11.0 Å². The molecule has 0 fully saturated rings. The van der Waals surface area contributed by atoms with Crippen molar-refractivity contribution in [1.82, 2.24) is 9.97 Å². The van der Waals surface area contributed by atoms with Crippen molar-refractivity contribution in [1.29, 1.82) is 0 Å². The molecule has 2 N–H and O–H groups in total. The molecule has 6 nitrogen and oxygen atoms in total. The third-order valence-electron chi connectivity index (χ3n) is 4.51. The minimum Gasteiger partial charge on any atom is -0.345 e. The van der Waals surface area contributed by atoms with Gasteiger partial charge in [-0.15, -0.1) is 0 Å². The number of fused-ring (bicyclic) bond motifs is 1. The highest BCUT2D eigenvalue weighted by Gasteiger charge is 2.28. The lowest BCUT2D eigenvalue weighted by Gasteiger charge is -2.12. The maximum Gasteiger partial charge on any atom is 0.264 e. The Bertz CT molecular complexity index is 1510. The van der Waals surface area contributed by atoms with Crippen LogP contribution in [0.5, 0.6) is 0 Å². The second-order valence-corrected chi connectivity index (χ2v) is 8.57. The zero-order valence-corrected chi connectivity index (χ0v) is 17.2. The van der Waals surface area contributed by atoms with Crippen LogP contribution in [0.2, 0.25) is 5.02 Å². The lowest BCUT2D eigenvalue weighted by Crippen LogP contribution is -2.17. The first kappa shape index (κ1) is 21.8. The van der Waals surface area contributed by atoms with Crippen molar-refractivity contribution in [3.63, 3.8) is 0 Å². The molecule has 164 valence electrons. The Balaban J connectivity index is 1.79. The Kier molecular flexibility index (Phi) is 5.39. The van der Waals surface area contributed by atoms with Crippen molar-refractivity contribution in [2.45, 2.75) is 4.90 Å². The fourth-order valence-corrected chi connectivity index (χ4v) is 4.43. The zero-order valence-electron chi connectivity index (χ0n) is 15.6. The molecule has 0 saturated carbocycles. The van der Waals surface area contributed by atoms with E-state index in [0.29, 0.717) is 24.3 Å². The summed E-state index contributed by atoms with van der Waals surface area (Å²) in [6, 6.07) is 4.44. The van der Waals surface area contributed by atoms with Crippen LogP contribution in [0.3, 0.4) is 0 Å². The normalized spacial score (nSPS) is 11.7. The molecule has 0 bridgehead atoms. The van der Waals surface area contributed by atoms with Crippen LogP contribution in [0.15, 0.2) is 53.7 Å². The van der Waals surface area contributed by atoms with Gasteiger partial charge in [-0.25, -0.2) is 31.0 Å². The van der Waals surface area contributed by atoms with Gasteiger partial charge in [0.05, 0.1) is 21.8 Å². The molecule has 0 aliphatic carbocycles. The van der Waals surface area contributed by atoms with Crippen molar-refractivity contribution in [3.05, 3.63) is 88.2 Å². The SMILES string of the molecule is O=C(c1c(F)ccc(NS(=O)(=O)c2ccc(F)cc2F)c1F)c1c[nH]c2nccc(Cl)c12. The topological polar surface area (TPSA) is 91.9 Å². The van der Waals surface area contributed by atoms with Crippen LogP contribution in [0.1, 0.15) is 15.9 Å². The van der Waals surface area contributed by atoms with E-state index in [4.69, 9.17) is 11.6 Å². The van der Waals surface area contributed by atoms with Gasteiger partial charge in [-0.3, -0.25) is 9.52 Å². The van der Waals surface area contributed by atoms with Crippen molar-refractivity contribution in [3.8, 4) is 0 Å². The minimum absolute atomic E-state index is 0.101. The number of carbonyl (C=O) groups is 1. The van der Waals surface area contributed by atoms with Gasteiger partial charge in [-0.2, -0.15) is 0 Å². The number of ketones is 1. The molecule has 2 heterocycles. The van der Waals surface area contributed by atoms with Gasteiger partial charge in [-0.05, 0) is 30.3 Å². The first-order chi connectivity index (χ1) is 15.1. The number of rotatable bonds is 5. The van der Waals surface area contributed by atoms with Crippen molar-refractivity contribution < 1.29 is 30.8 Å². The van der Waals surface area contributed by atoms with E-state index < -0.39 is 55.2 Å². The molecular formula is C20H10ClF4N3O3S. The van der Waals surface area contributed by atoms with Crippen LogP contribution in [0, 0.1) is 23.3 Å². The number of carbonyl (C=O) groups excluding carboxylic acids is 1. The molecular weight excluding hydrogens is 474 g/mol. The fraction of sp³-hybridized carbons (Fsp3) is 0. The van der Waals surface area contributed by atoms with Crippen molar-refractivity contribution in [2.24, 2.45) is 0 Å². The Morgan fingerprint density at radius 2 is 1.78 bits per heavy atom. The molecule has 4 aromatic rings. The number of nitrogens with one attached hydrogen (secondary N) is 2. The van der Waals surface area contributed by atoms with E-state index in [-0.39, 0.29) is 21.6 Å². The number of hydrogen-bond donors (Lipinski definition) is 2. The van der Waals surface area contributed by atoms with Crippen LogP contribution in [-0.4, -0.2) is 24.2 Å². The molecule has 0 aliphatic rings. The van der Waals surface area contributed by atoms with Gasteiger partial charge in [0.2, 0.25) is 5.78 Å². The zero-order chi connectivity index (χ0) is 23.2. The number of H-pyrrole nitrogens is 1. The predicted molar refractivity (Wildman–Crippen MR) is 108 cm³/mol. The number of aromatic amines is 1. The van der Waals surface area contributed by atoms with E-state index in [1.807, 2.05) is 0 Å². The van der Waals surface area contributed by atoms with Gasteiger partial charge in [0, 0.05) is 23.8 Å². The van der Waals surface area contributed by atoms with Gasteiger partial charge >= 0.3 is 0 Å². The van der Waals surface area contributed by atoms with E-state index in [1.54, 1.807) is 4.72 Å². The summed E-state index contributed by atoms with van der Waals surface area (Å²) in [5.41, 5.74) is -1.88. The van der Waals surface area contributed by atoms with Crippen molar-refractivity contribution in [2.75, 3.05) is 4.72 Å². The van der Waals surface area contributed by atoms with E-state index in [2.05, 4.69) is 9.97 Å². The molecule has 32 heavy (non-hydrogen) atoms. The summed E-state index contributed by atoms with van der Waals surface area (Å²) >= 11 is 6.07. The molecule has 2 aromatic heterocycles. The molecule has 0 aliphatic heterocycles. The number of hydrogen-bond acceptors (Lipinski definition) is 4. The quantitative estimate of drug-likeness (QED) is 0.315. The summed E-state index contributed by atoms with van der Waals surface area (Å²) in [7, 11) is -4.74. The lowest BCUT2D eigenvalue weighted by atomic mass is 10.0. The Morgan fingerprint density at radius 3 is 2.50 bits per heavy atom. The molecule has 0 radical (unpaired) electrons. The summed E-state index contributed by atoms with van der Waals surface area (Å²) in [5, 5.41) is 0.224. The average molecular weight is 484 g/mol. The third-order valence-corrected chi connectivity index (χ3v) is 6.23. The molecule has 0 unspecified atom stereocenters. The molecule has 0 amide bonds. The molecule has 4 rings (SSSR count). The summed E-state index contributed by atoms with van der Waals surface area (Å²) in [5.74, 6) is -6.37. The van der Waals surface area contributed by atoms with Gasteiger partial charge in [-0.1, -0.05) is 11.6 Å². The van der Waals surface area contributed by atoms with E-state index in [9.17, 15) is 26.4 Å². The summed E-state index contributed by atoms with van der Waals surface area (Å²) in [6.07, 6.45) is 2.52. The van der Waals surface area contributed by atoms with E-state index >= 15 is 4.39 Å². The number of pyridine rings is 1. The standard InChI is InChI=1S/C20H10ClF4N3O3S/c21-11-5-6-26-20-16(11)10(8-27-20)19(29)17-12(23)2-3-14(18(17)25)28-32(30,31)15-4-1-9(22)7-13(15)24/h1-8,28H,(H,26,27). The number of anilines is 1. The highest BCUT2D eigenvalue weighted by Crippen LogP contribution is 2.31. The highest BCUT2D eigenvalue weighted by atomic mass is 35.5. The fourth-order valence-electron chi connectivity index (χ4n) is 3.06. The van der Waals surface area contributed by atoms with Gasteiger partial charge in [0.1, 0.15) is 28.0 Å². The van der Waals surface area contributed by atoms with Crippen LogP contribution in [0.4, 0.5) is 23.2 Å². The molecule has 12 heteroatoms.